The van der Waals surface area contributed by atoms with Crippen molar-refractivity contribution in [2.45, 2.75) is 124 Å². The number of rotatable bonds is 26. The highest BCUT2D eigenvalue weighted by atomic mass is 32.1. The number of likely N-dealkylation sites (tertiary alicyclic amines) is 1. The lowest BCUT2D eigenvalue weighted by Gasteiger charge is -2.20. The van der Waals surface area contributed by atoms with Crippen LogP contribution >= 0.6 is 11.3 Å². The van der Waals surface area contributed by atoms with E-state index in [4.69, 9.17) is 28.4 Å². The number of hydrogen-bond acceptors (Lipinski definition) is 14. The second-order valence-electron chi connectivity index (χ2n) is 16.6. The normalized spacial score (nSPS) is 15.0. The standard InChI is InChI=1S/C48H61F2N3O13S/c1-8-28(9-2)31-21-41(57)53(48(31)60)26-39(55)51-23-27(5)65-42(58)15-13-34(54)38-20-32-37(67-38)22-36(62-7)47(44(32)49)64-18-12-17-63-46-35(61-6)19-29-24-52(25-33(29)45(46)50)40(56)14-16-43(59)66-30(10-3)11-4/h19-20,22,27-28,30-31H,8-18,21,23-26H2,1-7H3,(H,51,55)/t27-,31?/m1/s1. The Hall–Kier alpha value is -5.85. The molecule has 0 aliphatic carbocycles. The maximum atomic E-state index is 15.9. The highest BCUT2D eigenvalue weighted by Crippen LogP contribution is 2.41. The van der Waals surface area contributed by atoms with Crippen molar-refractivity contribution in [1.82, 2.24) is 15.1 Å². The van der Waals surface area contributed by atoms with Crippen LogP contribution in [-0.2, 0) is 51.3 Å². The molecular weight excluding hydrogens is 897 g/mol. The van der Waals surface area contributed by atoms with Gasteiger partial charge in [0.25, 0.3) is 0 Å². The Morgan fingerprint density at radius 1 is 0.806 bits per heavy atom. The molecule has 1 fully saturated rings. The van der Waals surface area contributed by atoms with Crippen LogP contribution in [-0.4, -0.2) is 104 Å². The number of carbonyl (C=O) groups excluding carboxylic acids is 7. The monoisotopic (exact) mass is 957 g/mol. The zero-order valence-corrected chi connectivity index (χ0v) is 40.0. The van der Waals surface area contributed by atoms with Gasteiger partial charge in [-0.05, 0) is 43.4 Å². The van der Waals surface area contributed by atoms with Gasteiger partial charge in [-0.1, -0.05) is 40.5 Å². The lowest BCUT2D eigenvalue weighted by Crippen LogP contribution is -2.43. The molecule has 1 saturated heterocycles. The van der Waals surface area contributed by atoms with E-state index in [0.717, 1.165) is 29.1 Å². The van der Waals surface area contributed by atoms with Crippen molar-refractivity contribution < 1.29 is 70.8 Å². The third kappa shape index (κ3) is 13.0. The van der Waals surface area contributed by atoms with Crippen LogP contribution in [0.15, 0.2) is 18.2 Å². The molecule has 5 rings (SSSR count). The van der Waals surface area contributed by atoms with E-state index >= 15 is 8.78 Å². The average Bonchev–Trinajstić information content (AvgIpc) is 4.03. The number of halogens is 2. The van der Waals surface area contributed by atoms with Crippen LogP contribution in [0, 0.1) is 23.5 Å². The molecule has 2 atom stereocenters. The lowest BCUT2D eigenvalue weighted by atomic mass is 9.87. The number of imide groups is 1. The Kier molecular flexibility index (Phi) is 18.9. The number of thiophene rings is 1. The van der Waals surface area contributed by atoms with E-state index in [0.29, 0.717) is 23.1 Å². The van der Waals surface area contributed by atoms with E-state index in [2.05, 4.69) is 5.32 Å². The molecule has 0 bridgehead atoms. The van der Waals surface area contributed by atoms with E-state index in [1.807, 2.05) is 27.7 Å². The van der Waals surface area contributed by atoms with Crippen LogP contribution in [0.2, 0.25) is 0 Å². The zero-order valence-electron chi connectivity index (χ0n) is 39.2. The fraction of sp³-hybridized carbons (Fsp3) is 0.562. The summed E-state index contributed by atoms with van der Waals surface area (Å²) in [5, 5.41) is 2.69. The SMILES string of the molecule is CCC(CC)OC(=O)CCC(=O)N1Cc2cc(OC)c(OCCCOc3c(OC)cc4sc(C(=O)CCC(=O)O[C@H](C)CNC(=O)CN5C(=O)CC(C(CC)CC)C5=O)cc4c3F)c(F)c2C1. The Bertz CT molecular complexity index is 2310. The topological polar surface area (TPSA) is 193 Å². The number of hydrogen-bond donors (Lipinski definition) is 1. The number of ether oxygens (including phenoxy) is 6. The molecule has 4 amide bonds. The van der Waals surface area contributed by atoms with E-state index in [1.165, 1.54) is 31.3 Å². The minimum absolute atomic E-state index is 0.00684. The fourth-order valence-corrected chi connectivity index (χ4v) is 9.20. The van der Waals surface area contributed by atoms with E-state index in [-0.39, 0.29) is 140 Å². The number of ketones is 1. The molecule has 3 aromatic rings. The summed E-state index contributed by atoms with van der Waals surface area (Å²) in [6.07, 6.45) is 1.51. The Labute approximate surface area is 392 Å². The van der Waals surface area contributed by atoms with Crippen LogP contribution in [0.3, 0.4) is 0 Å². The van der Waals surface area contributed by atoms with Crippen molar-refractivity contribution in [2.75, 3.05) is 40.5 Å². The van der Waals surface area contributed by atoms with Crippen molar-refractivity contribution >= 4 is 62.8 Å². The summed E-state index contributed by atoms with van der Waals surface area (Å²) < 4.78 is 65.3. The number of methoxy groups -OCH3 is 2. The first-order valence-electron chi connectivity index (χ1n) is 22.8. The molecule has 67 heavy (non-hydrogen) atoms. The molecule has 16 nitrogen and oxygen atoms in total. The zero-order chi connectivity index (χ0) is 48.9. The minimum atomic E-state index is -0.770. The Morgan fingerprint density at radius 2 is 1.43 bits per heavy atom. The molecular formula is C48H61F2N3O13S. The highest BCUT2D eigenvalue weighted by molar-refractivity contribution is 7.20. The quantitative estimate of drug-likeness (QED) is 0.0367. The first-order chi connectivity index (χ1) is 32.1. The summed E-state index contributed by atoms with van der Waals surface area (Å²) in [5.41, 5.74) is 0.836. The van der Waals surface area contributed by atoms with Gasteiger partial charge in [0.2, 0.25) is 23.6 Å². The van der Waals surface area contributed by atoms with E-state index < -0.39 is 53.8 Å². The number of nitrogens with one attached hydrogen (secondary N) is 1. The summed E-state index contributed by atoms with van der Waals surface area (Å²) in [5.74, 6) is -5.13. The number of nitrogens with zero attached hydrogens (tertiary/aromatic N) is 2. The van der Waals surface area contributed by atoms with E-state index in [1.54, 1.807) is 13.0 Å². The number of carbonyl (C=O) groups is 7. The molecule has 0 spiro atoms. The maximum Gasteiger partial charge on any atom is 0.306 e. The van der Waals surface area contributed by atoms with Crippen molar-refractivity contribution in [3.8, 4) is 23.0 Å². The first kappa shape index (κ1) is 52.1. The van der Waals surface area contributed by atoms with Gasteiger partial charge in [0.05, 0.1) is 57.6 Å². The molecule has 3 heterocycles. The van der Waals surface area contributed by atoms with Crippen LogP contribution in [0.4, 0.5) is 8.78 Å². The number of esters is 2. The smallest absolute Gasteiger partial charge is 0.306 e. The van der Waals surface area contributed by atoms with Crippen molar-refractivity contribution in [1.29, 1.82) is 0 Å². The van der Waals surface area contributed by atoms with Gasteiger partial charge in [-0.3, -0.25) is 38.5 Å². The summed E-state index contributed by atoms with van der Waals surface area (Å²) in [4.78, 5) is 91.4. The Morgan fingerprint density at radius 3 is 2.07 bits per heavy atom. The average molecular weight is 958 g/mol. The highest BCUT2D eigenvalue weighted by Gasteiger charge is 2.42. The molecule has 2 aliphatic rings. The third-order valence-corrected chi connectivity index (χ3v) is 13.2. The van der Waals surface area contributed by atoms with Gasteiger partial charge in [-0.25, -0.2) is 8.78 Å². The van der Waals surface area contributed by atoms with Crippen LogP contribution in [0.1, 0.15) is 120 Å². The number of Topliss-reactive ketones (excluding diaryl/α,β-unsaturated/α-hetero) is 1. The van der Waals surface area contributed by atoms with Crippen LogP contribution < -0.4 is 24.3 Å². The van der Waals surface area contributed by atoms with E-state index in [9.17, 15) is 33.6 Å². The van der Waals surface area contributed by atoms with Crippen LogP contribution in [0.25, 0.3) is 10.1 Å². The van der Waals surface area contributed by atoms with Crippen molar-refractivity contribution in [3.63, 3.8) is 0 Å². The van der Waals surface area contributed by atoms with Gasteiger partial charge >= 0.3 is 11.9 Å². The largest absolute Gasteiger partial charge is 0.493 e. The summed E-state index contributed by atoms with van der Waals surface area (Å²) in [6, 6.07) is 4.53. The molecule has 19 heteroatoms. The molecule has 2 aliphatic heterocycles. The van der Waals surface area contributed by atoms with Crippen molar-refractivity contribution in [2.24, 2.45) is 11.8 Å². The lowest BCUT2D eigenvalue weighted by molar-refractivity contribution is -0.151. The predicted molar refractivity (Wildman–Crippen MR) is 242 cm³/mol. The summed E-state index contributed by atoms with van der Waals surface area (Å²) >= 11 is 1.02. The van der Waals surface area contributed by atoms with Gasteiger partial charge < -0.3 is 38.6 Å². The van der Waals surface area contributed by atoms with Crippen molar-refractivity contribution in [3.05, 3.63) is 45.8 Å². The first-order valence-corrected chi connectivity index (χ1v) is 23.6. The predicted octanol–water partition coefficient (Wildman–Crippen LogP) is 7.22. The number of fused-ring (bicyclic) bond motifs is 2. The van der Waals surface area contributed by atoms with Gasteiger partial charge in [0.1, 0.15) is 18.8 Å². The van der Waals surface area contributed by atoms with Gasteiger partial charge in [0.15, 0.2) is 40.4 Å². The second kappa shape index (κ2) is 24.3. The summed E-state index contributed by atoms with van der Waals surface area (Å²) in [7, 11) is 2.71. The number of benzene rings is 2. The third-order valence-electron chi connectivity index (χ3n) is 12.0. The Balaban J connectivity index is 1.08. The van der Waals surface area contributed by atoms with Gasteiger partial charge in [-0.2, -0.15) is 0 Å². The molecule has 1 N–H and O–H groups in total. The maximum absolute atomic E-state index is 15.9. The van der Waals surface area contributed by atoms with Gasteiger partial charge in [-0.15, -0.1) is 11.3 Å². The molecule has 0 saturated carbocycles. The summed E-state index contributed by atoms with van der Waals surface area (Å²) in [6.45, 7) is 8.84. The fourth-order valence-electron chi connectivity index (χ4n) is 8.14. The second-order valence-corrected chi connectivity index (χ2v) is 17.6. The molecule has 366 valence electrons. The minimum Gasteiger partial charge on any atom is -0.493 e. The molecule has 2 aromatic carbocycles. The molecule has 0 radical (unpaired) electrons. The molecule has 1 unspecified atom stereocenters. The van der Waals surface area contributed by atoms with Gasteiger partial charge in [0, 0.05) is 60.5 Å². The number of amides is 4. The molecule has 1 aromatic heterocycles. The van der Waals surface area contributed by atoms with Crippen LogP contribution in [0.5, 0.6) is 23.0 Å².